The van der Waals surface area contributed by atoms with Crippen molar-refractivity contribution >= 4 is 33.7 Å². The summed E-state index contributed by atoms with van der Waals surface area (Å²) in [6.45, 7) is 0. The highest BCUT2D eigenvalue weighted by atomic mass is 79.9. The van der Waals surface area contributed by atoms with Crippen LogP contribution in [0.4, 0.5) is 0 Å². The Bertz CT molecular complexity index is 769. The van der Waals surface area contributed by atoms with E-state index in [1.54, 1.807) is 12.2 Å². The van der Waals surface area contributed by atoms with Crippen LogP contribution in [0.3, 0.4) is 0 Å². The maximum atomic E-state index is 11.9. The van der Waals surface area contributed by atoms with E-state index in [2.05, 4.69) is 15.9 Å². The van der Waals surface area contributed by atoms with Gasteiger partial charge in [0.2, 0.25) is 0 Å². The molecule has 2 nitrogen and oxygen atoms in total. The summed E-state index contributed by atoms with van der Waals surface area (Å²) in [6.07, 6.45) is 7.33. The molecule has 0 radical (unpaired) electrons. The second kappa shape index (κ2) is 6.58. The smallest absolute Gasteiger partial charge is 0.343 e. The molecule has 0 N–H and O–H groups in total. The number of halogens is 1. The number of esters is 1. The summed E-state index contributed by atoms with van der Waals surface area (Å²) >= 11 is 3.39. The predicted octanol–water partition coefficient (Wildman–Crippen LogP) is 4.99. The van der Waals surface area contributed by atoms with E-state index in [0.717, 1.165) is 15.6 Å². The topological polar surface area (TPSA) is 26.3 Å². The first-order chi connectivity index (χ1) is 10.7. The normalized spacial score (nSPS) is 16.1. The minimum absolute atomic E-state index is 0.323. The molecule has 1 heterocycles. The van der Waals surface area contributed by atoms with E-state index < -0.39 is 0 Å². The fraction of sp³-hybridized carbons (Fsp3) is 0. The average Bonchev–Trinajstić information content (AvgIpc) is 2.90. The molecule has 0 atom stereocenters. The Morgan fingerprint density at radius 1 is 0.955 bits per heavy atom. The van der Waals surface area contributed by atoms with Crippen molar-refractivity contribution in [1.82, 2.24) is 0 Å². The Labute approximate surface area is 137 Å². The number of hydrogen-bond acceptors (Lipinski definition) is 2. The van der Waals surface area contributed by atoms with Crippen molar-refractivity contribution in [3.8, 4) is 0 Å². The average molecular weight is 353 g/mol. The van der Waals surface area contributed by atoms with E-state index in [0.29, 0.717) is 11.3 Å². The molecule has 0 aliphatic carbocycles. The predicted molar refractivity (Wildman–Crippen MR) is 91.8 cm³/mol. The number of carbonyl (C=O) groups excluding carboxylic acids is 1. The summed E-state index contributed by atoms with van der Waals surface area (Å²) < 4.78 is 6.30. The Hall–Kier alpha value is -2.39. The molecule has 0 saturated heterocycles. The van der Waals surface area contributed by atoms with Crippen LogP contribution in [0.5, 0.6) is 0 Å². The minimum atomic E-state index is -0.323. The van der Waals surface area contributed by atoms with E-state index >= 15 is 0 Å². The van der Waals surface area contributed by atoms with Crippen LogP contribution in [0, 0.1) is 0 Å². The van der Waals surface area contributed by atoms with Crippen LogP contribution in [0.1, 0.15) is 11.1 Å². The lowest BCUT2D eigenvalue weighted by Crippen LogP contribution is -1.96. The molecule has 2 aromatic rings. The number of hydrogen-bond donors (Lipinski definition) is 0. The minimum Gasteiger partial charge on any atom is -0.422 e. The van der Waals surface area contributed by atoms with Crippen molar-refractivity contribution < 1.29 is 9.53 Å². The standard InChI is InChI=1S/C19H13BrO2/c20-17-11-9-15(10-12-17)18-13-16(19(21)22-18)8-4-7-14-5-2-1-3-6-14/h1-13H. The summed E-state index contributed by atoms with van der Waals surface area (Å²) in [4.78, 5) is 11.9. The van der Waals surface area contributed by atoms with Gasteiger partial charge in [0, 0.05) is 10.0 Å². The molecular formula is C19H13BrO2. The van der Waals surface area contributed by atoms with E-state index in [9.17, 15) is 4.79 Å². The van der Waals surface area contributed by atoms with E-state index in [1.807, 2.05) is 66.7 Å². The summed E-state index contributed by atoms with van der Waals surface area (Å²) in [6, 6.07) is 17.6. The molecule has 0 spiro atoms. The first kappa shape index (κ1) is 14.5. The first-order valence-electron chi connectivity index (χ1n) is 6.85. The number of rotatable bonds is 3. The van der Waals surface area contributed by atoms with Gasteiger partial charge in [-0.2, -0.15) is 0 Å². The molecule has 0 aromatic heterocycles. The molecule has 1 aliphatic heterocycles. The molecule has 22 heavy (non-hydrogen) atoms. The maximum Gasteiger partial charge on any atom is 0.343 e. The van der Waals surface area contributed by atoms with Gasteiger partial charge in [0.15, 0.2) is 0 Å². The Morgan fingerprint density at radius 2 is 1.68 bits per heavy atom. The third kappa shape index (κ3) is 3.43. The zero-order valence-electron chi connectivity index (χ0n) is 11.7. The van der Waals surface area contributed by atoms with Gasteiger partial charge in [0.25, 0.3) is 0 Å². The number of benzene rings is 2. The van der Waals surface area contributed by atoms with Crippen LogP contribution < -0.4 is 0 Å². The second-order valence-corrected chi connectivity index (χ2v) is 5.71. The summed E-state index contributed by atoms with van der Waals surface area (Å²) in [5, 5.41) is 0. The van der Waals surface area contributed by atoms with Crippen molar-refractivity contribution in [2.45, 2.75) is 0 Å². The lowest BCUT2D eigenvalue weighted by Gasteiger charge is -2.01. The van der Waals surface area contributed by atoms with Gasteiger partial charge in [0.05, 0.1) is 5.57 Å². The van der Waals surface area contributed by atoms with Gasteiger partial charge >= 0.3 is 5.97 Å². The van der Waals surface area contributed by atoms with Crippen molar-refractivity contribution in [3.05, 3.63) is 94.0 Å². The lowest BCUT2D eigenvalue weighted by molar-refractivity contribution is -0.130. The van der Waals surface area contributed by atoms with Gasteiger partial charge in [-0.1, -0.05) is 70.5 Å². The number of carbonyl (C=O) groups is 1. The molecule has 0 amide bonds. The van der Waals surface area contributed by atoms with Gasteiger partial charge in [-0.05, 0) is 29.8 Å². The zero-order chi connectivity index (χ0) is 15.4. The van der Waals surface area contributed by atoms with E-state index in [4.69, 9.17) is 4.74 Å². The molecule has 0 fully saturated rings. The van der Waals surface area contributed by atoms with Crippen LogP contribution in [0.2, 0.25) is 0 Å². The summed E-state index contributed by atoms with van der Waals surface area (Å²) in [5.41, 5.74) is 2.51. The van der Waals surface area contributed by atoms with Crippen molar-refractivity contribution in [2.75, 3.05) is 0 Å². The Balaban J connectivity index is 1.79. The highest BCUT2D eigenvalue weighted by molar-refractivity contribution is 9.10. The molecule has 0 saturated carbocycles. The van der Waals surface area contributed by atoms with Crippen molar-refractivity contribution in [2.24, 2.45) is 0 Å². The molecule has 3 rings (SSSR count). The fourth-order valence-corrected chi connectivity index (χ4v) is 2.35. The number of allylic oxidation sites excluding steroid dienone is 2. The number of ether oxygens (including phenoxy) is 1. The fourth-order valence-electron chi connectivity index (χ4n) is 2.09. The van der Waals surface area contributed by atoms with E-state index in [1.165, 1.54) is 0 Å². The molecule has 0 bridgehead atoms. The van der Waals surface area contributed by atoms with Crippen LogP contribution >= 0.6 is 15.9 Å². The van der Waals surface area contributed by atoms with Gasteiger partial charge in [0.1, 0.15) is 5.76 Å². The lowest BCUT2D eigenvalue weighted by atomic mass is 10.1. The Morgan fingerprint density at radius 3 is 2.41 bits per heavy atom. The van der Waals surface area contributed by atoms with Crippen LogP contribution in [-0.2, 0) is 9.53 Å². The largest absolute Gasteiger partial charge is 0.422 e. The van der Waals surface area contributed by atoms with Crippen LogP contribution in [0.25, 0.3) is 11.8 Å². The van der Waals surface area contributed by atoms with Gasteiger partial charge in [-0.15, -0.1) is 0 Å². The SMILES string of the molecule is O=C1OC(c2ccc(Br)cc2)=CC1=CC=Cc1ccccc1. The molecule has 3 heteroatoms. The van der Waals surface area contributed by atoms with Gasteiger partial charge < -0.3 is 4.74 Å². The highest BCUT2D eigenvalue weighted by Crippen LogP contribution is 2.27. The molecule has 2 aromatic carbocycles. The van der Waals surface area contributed by atoms with Crippen LogP contribution in [-0.4, -0.2) is 5.97 Å². The third-order valence-corrected chi connectivity index (χ3v) is 3.75. The molecule has 108 valence electrons. The maximum absolute atomic E-state index is 11.9. The molecular weight excluding hydrogens is 340 g/mol. The third-order valence-electron chi connectivity index (χ3n) is 3.22. The summed E-state index contributed by atoms with van der Waals surface area (Å²) in [5.74, 6) is 0.257. The zero-order valence-corrected chi connectivity index (χ0v) is 13.3. The van der Waals surface area contributed by atoms with Crippen molar-refractivity contribution in [3.63, 3.8) is 0 Å². The van der Waals surface area contributed by atoms with Crippen LogP contribution in [0.15, 0.2) is 82.9 Å². The molecule has 1 aliphatic rings. The highest BCUT2D eigenvalue weighted by Gasteiger charge is 2.21. The van der Waals surface area contributed by atoms with Gasteiger partial charge in [-0.3, -0.25) is 0 Å². The first-order valence-corrected chi connectivity index (χ1v) is 7.65. The van der Waals surface area contributed by atoms with Crippen molar-refractivity contribution in [1.29, 1.82) is 0 Å². The monoisotopic (exact) mass is 352 g/mol. The van der Waals surface area contributed by atoms with Gasteiger partial charge in [-0.25, -0.2) is 4.79 Å². The summed E-state index contributed by atoms with van der Waals surface area (Å²) in [7, 11) is 0. The Kier molecular flexibility index (Phi) is 4.35. The molecule has 0 unspecified atom stereocenters. The number of cyclic esters (lactones) is 1. The van der Waals surface area contributed by atoms with E-state index in [-0.39, 0.29) is 5.97 Å². The quantitative estimate of drug-likeness (QED) is 0.574. The second-order valence-electron chi connectivity index (χ2n) is 4.80.